The van der Waals surface area contributed by atoms with Crippen LogP contribution in [0.25, 0.3) is 0 Å². The summed E-state index contributed by atoms with van der Waals surface area (Å²) >= 11 is 0. The molecule has 6 nitrogen and oxygen atoms in total. The fourth-order valence-electron chi connectivity index (χ4n) is 1.06. The number of nitrogens with one attached hydrogen (secondary N) is 2. The van der Waals surface area contributed by atoms with E-state index in [2.05, 4.69) is 10.6 Å². The van der Waals surface area contributed by atoms with Gasteiger partial charge in [-0.1, -0.05) is 0 Å². The van der Waals surface area contributed by atoms with E-state index in [1.807, 2.05) is 0 Å². The molecule has 1 aromatic rings. The van der Waals surface area contributed by atoms with E-state index in [9.17, 15) is 9.59 Å². The number of aliphatic carboxylic acids is 1. The summed E-state index contributed by atoms with van der Waals surface area (Å²) in [6.07, 6.45) is 0. The second-order valence-corrected chi connectivity index (χ2v) is 3.40. The summed E-state index contributed by atoms with van der Waals surface area (Å²) in [4.78, 5) is 21.7. The number of rotatable bonds is 4. The van der Waals surface area contributed by atoms with Crippen LogP contribution in [0.2, 0.25) is 0 Å². The molecule has 0 aliphatic rings. The van der Waals surface area contributed by atoms with E-state index in [1.54, 1.807) is 19.1 Å². The normalized spacial score (nSPS) is 11.9. The van der Waals surface area contributed by atoms with Gasteiger partial charge in [-0.05, 0) is 26.0 Å². The quantitative estimate of drug-likeness (QED) is 0.710. The average molecular weight is 226 g/mol. The lowest BCUT2D eigenvalue weighted by Gasteiger charge is -2.09. The second-order valence-electron chi connectivity index (χ2n) is 3.40. The number of furan rings is 1. The van der Waals surface area contributed by atoms with Crippen molar-refractivity contribution in [3.05, 3.63) is 23.7 Å². The number of amides is 2. The zero-order valence-corrected chi connectivity index (χ0v) is 9.11. The van der Waals surface area contributed by atoms with Crippen molar-refractivity contribution in [3.8, 4) is 0 Å². The van der Waals surface area contributed by atoms with Crippen LogP contribution in [0.5, 0.6) is 0 Å². The third-order valence-electron chi connectivity index (χ3n) is 1.94. The molecule has 1 unspecified atom stereocenters. The molecule has 1 heterocycles. The summed E-state index contributed by atoms with van der Waals surface area (Å²) in [7, 11) is 0. The maximum Gasteiger partial charge on any atom is 0.325 e. The van der Waals surface area contributed by atoms with Gasteiger partial charge in [0, 0.05) is 0 Å². The van der Waals surface area contributed by atoms with Gasteiger partial charge in [0.05, 0.1) is 6.54 Å². The first kappa shape index (κ1) is 12.1. The standard InChI is InChI=1S/C10H14N2O4/c1-6-3-4-8(16-6)5-11-10(15)12-7(2)9(13)14/h3-4,7H,5H2,1-2H3,(H,13,14)(H2,11,12,15). The number of carboxylic acids is 1. The number of carboxylic acid groups (broad SMARTS) is 1. The molecule has 0 bridgehead atoms. The first-order valence-electron chi connectivity index (χ1n) is 4.81. The lowest BCUT2D eigenvalue weighted by Crippen LogP contribution is -2.44. The molecule has 0 spiro atoms. The summed E-state index contributed by atoms with van der Waals surface area (Å²) in [6.45, 7) is 3.42. The van der Waals surface area contributed by atoms with Crippen molar-refractivity contribution in [1.29, 1.82) is 0 Å². The fourth-order valence-corrected chi connectivity index (χ4v) is 1.06. The monoisotopic (exact) mass is 226 g/mol. The van der Waals surface area contributed by atoms with Gasteiger partial charge in [0.1, 0.15) is 17.6 Å². The van der Waals surface area contributed by atoms with Crippen LogP contribution in [0.3, 0.4) is 0 Å². The highest BCUT2D eigenvalue weighted by Gasteiger charge is 2.13. The first-order chi connectivity index (χ1) is 7.49. The predicted molar refractivity (Wildman–Crippen MR) is 55.9 cm³/mol. The van der Waals surface area contributed by atoms with Crippen LogP contribution < -0.4 is 10.6 Å². The Morgan fingerprint density at radius 2 is 2.19 bits per heavy atom. The molecule has 0 aliphatic heterocycles. The highest BCUT2D eigenvalue weighted by molar-refractivity contribution is 5.82. The number of urea groups is 1. The summed E-state index contributed by atoms with van der Waals surface area (Å²) in [5, 5.41) is 13.3. The van der Waals surface area contributed by atoms with E-state index in [1.165, 1.54) is 6.92 Å². The maximum absolute atomic E-state index is 11.2. The van der Waals surface area contributed by atoms with Crippen molar-refractivity contribution in [2.75, 3.05) is 0 Å². The number of carbonyl (C=O) groups excluding carboxylic acids is 1. The number of hydrogen-bond acceptors (Lipinski definition) is 3. The van der Waals surface area contributed by atoms with E-state index in [-0.39, 0.29) is 6.54 Å². The zero-order chi connectivity index (χ0) is 12.1. The Labute approximate surface area is 92.6 Å². The predicted octanol–water partition coefficient (Wildman–Crippen LogP) is 0.860. The van der Waals surface area contributed by atoms with Gasteiger partial charge in [-0.15, -0.1) is 0 Å². The molecule has 0 fully saturated rings. The van der Waals surface area contributed by atoms with Gasteiger partial charge in [-0.2, -0.15) is 0 Å². The highest BCUT2D eigenvalue weighted by atomic mass is 16.4. The van der Waals surface area contributed by atoms with Gasteiger partial charge in [0.25, 0.3) is 0 Å². The highest BCUT2D eigenvalue weighted by Crippen LogP contribution is 2.05. The van der Waals surface area contributed by atoms with Crippen molar-refractivity contribution in [2.24, 2.45) is 0 Å². The summed E-state index contributed by atoms with van der Waals surface area (Å²) in [5.41, 5.74) is 0. The van der Waals surface area contributed by atoms with Gasteiger partial charge >= 0.3 is 12.0 Å². The fraction of sp³-hybridized carbons (Fsp3) is 0.400. The lowest BCUT2D eigenvalue weighted by atomic mass is 10.3. The summed E-state index contributed by atoms with van der Waals surface area (Å²) < 4.78 is 5.23. The van der Waals surface area contributed by atoms with E-state index < -0.39 is 18.0 Å². The topological polar surface area (TPSA) is 91.6 Å². The van der Waals surface area contributed by atoms with Crippen LogP contribution in [0.1, 0.15) is 18.4 Å². The third-order valence-corrected chi connectivity index (χ3v) is 1.94. The van der Waals surface area contributed by atoms with Crippen LogP contribution in [0.15, 0.2) is 16.5 Å². The molecule has 0 saturated heterocycles. The molecule has 1 atom stereocenters. The number of hydrogen-bond donors (Lipinski definition) is 3. The van der Waals surface area contributed by atoms with E-state index in [0.717, 1.165) is 5.76 Å². The molecule has 0 aliphatic carbocycles. The molecular weight excluding hydrogens is 212 g/mol. The van der Waals surface area contributed by atoms with Crippen LogP contribution in [0.4, 0.5) is 4.79 Å². The Morgan fingerprint density at radius 1 is 1.50 bits per heavy atom. The summed E-state index contributed by atoms with van der Waals surface area (Å²) in [5.74, 6) is 0.302. The van der Waals surface area contributed by atoms with Crippen LogP contribution >= 0.6 is 0 Å². The molecule has 1 rings (SSSR count). The Bertz CT molecular complexity index is 386. The summed E-state index contributed by atoms with van der Waals surface area (Å²) in [6, 6.07) is 2.08. The molecule has 0 radical (unpaired) electrons. The Morgan fingerprint density at radius 3 is 2.69 bits per heavy atom. The molecule has 88 valence electrons. The number of aryl methyl sites for hydroxylation is 1. The Balaban J connectivity index is 2.33. The molecule has 0 aromatic carbocycles. The van der Waals surface area contributed by atoms with Gasteiger partial charge in [-0.3, -0.25) is 4.79 Å². The molecule has 16 heavy (non-hydrogen) atoms. The van der Waals surface area contributed by atoms with Crippen molar-refractivity contribution in [2.45, 2.75) is 26.4 Å². The molecule has 1 aromatic heterocycles. The van der Waals surface area contributed by atoms with E-state index in [4.69, 9.17) is 9.52 Å². The van der Waals surface area contributed by atoms with Gasteiger partial charge in [0.2, 0.25) is 0 Å². The van der Waals surface area contributed by atoms with Gasteiger partial charge in [-0.25, -0.2) is 4.79 Å². The van der Waals surface area contributed by atoms with Crippen molar-refractivity contribution in [1.82, 2.24) is 10.6 Å². The number of carbonyl (C=O) groups is 2. The lowest BCUT2D eigenvalue weighted by molar-refractivity contribution is -0.138. The molecule has 3 N–H and O–H groups in total. The molecular formula is C10H14N2O4. The van der Waals surface area contributed by atoms with Crippen LogP contribution in [-0.4, -0.2) is 23.1 Å². The molecule has 0 saturated carbocycles. The second kappa shape index (κ2) is 5.20. The Hall–Kier alpha value is -1.98. The minimum absolute atomic E-state index is 0.228. The van der Waals surface area contributed by atoms with Crippen LogP contribution in [0, 0.1) is 6.92 Å². The van der Waals surface area contributed by atoms with E-state index >= 15 is 0 Å². The zero-order valence-electron chi connectivity index (χ0n) is 9.11. The Kier molecular flexibility index (Phi) is 3.93. The minimum Gasteiger partial charge on any atom is -0.480 e. The van der Waals surface area contributed by atoms with E-state index in [0.29, 0.717) is 5.76 Å². The van der Waals surface area contributed by atoms with Crippen LogP contribution in [-0.2, 0) is 11.3 Å². The van der Waals surface area contributed by atoms with Gasteiger partial charge < -0.3 is 20.2 Å². The van der Waals surface area contributed by atoms with Crippen molar-refractivity contribution >= 4 is 12.0 Å². The minimum atomic E-state index is -1.08. The third kappa shape index (κ3) is 3.64. The first-order valence-corrected chi connectivity index (χ1v) is 4.81. The maximum atomic E-state index is 11.2. The smallest absolute Gasteiger partial charge is 0.325 e. The van der Waals surface area contributed by atoms with Crippen molar-refractivity contribution < 1.29 is 19.1 Å². The SMILES string of the molecule is Cc1ccc(CNC(=O)NC(C)C(=O)O)o1. The van der Waals surface area contributed by atoms with Crippen molar-refractivity contribution in [3.63, 3.8) is 0 Å². The van der Waals surface area contributed by atoms with Gasteiger partial charge in [0.15, 0.2) is 0 Å². The molecule has 2 amide bonds. The largest absolute Gasteiger partial charge is 0.480 e. The average Bonchev–Trinajstić information content (AvgIpc) is 2.61. The molecule has 6 heteroatoms.